The van der Waals surface area contributed by atoms with Crippen molar-refractivity contribution in [3.05, 3.63) is 89.3 Å². The molecule has 2 aromatic carbocycles. The molecule has 2 fully saturated rings. The number of fused-ring (bicyclic) bond motifs is 1. The fourth-order valence-electron chi connectivity index (χ4n) is 6.32. The van der Waals surface area contributed by atoms with Crippen LogP contribution in [0.5, 0.6) is 5.75 Å². The standard InChI is InChI=1S/C32H37F3O2/c1-3-5-7-8-21-10-11-24-17-25(13-12-23(24)16-21)31-29(34)18-26(19-30(31)35)32(36)37-27-15-14-22(9-6-4-2)28(33)20-27/h3-5,14-15,18-21,23-25H,2,6-13,16-17H2,1H3/b5-3+. The van der Waals surface area contributed by atoms with Gasteiger partial charge in [0.25, 0.3) is 0 Å². The third-order valence-corrected chi connectivity index (χ3v) is 8.27. The zero-order valence-electron chi connectivity index (χ0n) is 21.7. The second-order valence-electron chi connectivity index (χ2n) is 10.7. The van der Waals surface area contributed by atoms with E-state index in [1.807, 2.05) is 0 Å². The predicted molar refractivity (Wildman–Crippen MR) is 141 cm³/mol. The average Bonchev–Trinajstić information content (AvgIpc) is 2.88. The lowest BCUT2D eigenvalue weighted by molar-refractivity contribution is 0.0733. The Labute approximate surface area is 218 Å². The lowest BCUT2D eigenvalue weighted by atomic mass is 9.63. The normalized spacial score (nSPS) is 23.6. The maximum atomic E-state index is 15.2. The van der Waals surface area contributed by atoms with Gasteiger partial charge in [0.2, 0.25) is 0 Å². The van der Waals surface area contributed by atoms with Crippen LogP contribution >= 0.6 is 0 Å². The number of carbonyl (C=O) groups is 1. The minimum atomic E-state index is -0.914. The van der Waals surface area contributed by atoms with Crippen molar-refractivity contribution in [2.75, 3.05) is 0 Å². The van der Waals surface area contributed by atoms with Crippen molar-refractivity contribution in [2.24, 2.45) is 17.8 Å². The molecule has 4 atom stereocenters. The molecule has 0 radical (unpaired) electrons. The van der Waals surface area contributed by atoms with Crippen molar-refractivity contribution in [3.8, 4) is 5.75 Å². The predicted octanol–water partition coefficient (Wildman–Crippen LogP) is 9.10. The number of ether oxygens (including phenoxy) is 1. The molecular weight excluding hydrogens is 473 g/mol. The molecule has 0 saturated heterocycles. The highest BCUT2D eigenvalue weighted by molar-refractivity contribution is 5.91. The molecule has 2 aromatic rings. The summed E-state index contributed by atoms with van der Waals surface area (Å²) in [6, 6.07) is 6.25. The van der Waals surface area contributed by atoms with Crippen LogP contribution in [0, 0.1) is 35.2 Å². The van der Waals surface area contributed by atoms with E-state index in [0.29, 0.717) is 30.2 Å². The topological polar surface area (TPSA) is 26.3 Å². The number of rotatable bonds is 9. The fourth-order valence-corrected chi connectivity index (χ4v) is 6.32. The first-order valence-electron chi connectivity index (χ1n) is 13.6. The first-order valence-corrected chi connectivity index (χ1v) is 13.6. The van der Waals surface area contributed by atoms with Gasteiger partial charge in [-0.1, -0.05) is 30.7 Å². The van der Waals surface area contributed by atoms with Crippen LogP contribution in [0.1, 0.15) is 92.1 Å². The number of aryl methyl sites for hydroxylation is 1. The smallest absolute Gasteiger partial charge is 0.343 e. The van der Waals surface area contributed by atoms with Gasteiger partial charge in [-0.15, -0.1) is 6.58 Å². The zero-order chi connectivity index (χ0) is 26.4. The number of hydrogen-bond donors (Lipinski definition) is 0. The van der Waals surface area contributed by atoms with Crippen molar-refractivity contribution in [1.29, 1.82) is 0 Å². The van der Waals surface area contributed by atoms with Crippen LogP contribution in [-0.2, 0) is 6.42 Å². The Bertz CT molecular complexity index is 1120. The van der Waals surface area contributed by atoms with Crippen molar-refractivity contribution < 1.29 is 22.7 Å². The Balaban J connectivity index is 1.39. The van der Waals surface area contributed by atoms with E-state index in [4.69, 9.17) is 4.74 Å². The zero-order valence-corrected chi connectivity index (χ0v) is 21.7. The summed E-state index contributed by atoms with van der Waals surface area (Å²) in [4.78, 5) is 12.6. The van der Waals surface area contributed by atoms with Gasteiger partial charge in [0.15, 0.2) is 0 Å². The summed E-state index contributed by atoms with van der Waals surface area (Å²) < 4.78 is 49.8. The fraction of sp³-hybridized carbons (Fsp3) is 0.469. The first kappa shape index (κ1) is 27.2. The molecule has 4 rings (SSSR count). The average molecular weight is 511 g/mol. The second kappa shape index (κ2) is 12.6. The highest BCUT2D eigenvalue weighted by Gasteiger charge is 2.37. The summed E-state index contributed by atoms with van der Waals surface area (Å²) in [5, 5.41) is 0. The van der Waals surface area contributed by atoms with E-state index in [2.05, 4.69) is 25.7 Å². The lowest BCUT2D eigenvalue weighted by Gasteiger charge is -2.42. The van der Waals surface area contributed by atoms with E-state index in [9.17, 15) is 9.18 Å². The van der Waals surface area contributed by atoms with Crippen LogP contribution in [0.15, 0.2) is 55.1 Å². The molecule has 2 nitrogen and oxygen atoms in total. The van der Waals surface area contributed by atoms with Gasteiger partial charge in [0, 0.05) is 11.6 Å². The Morgan fingerprint density at radius 2 is 1.70 bits per heavy atom. The molecule has 0 amide bonds. The second-order valence-corrected chi connectivity index (χ2v) is 10.7. The summed E-state index contributed by atoms with van der Waals surface area (Å²) in [6.45, 7) is 5.68. The molecule has 0 bridgehead atoms. The quantitative estimate of drug-likeness (QED) is 0.191. The minimum absolute atomic E-state index is 0.00520. The number of carbonyl (C=O) groups excluding carboxylic acids is 1. The van der Waals surface area contributed by atoms with Crippen LogP contribution < -0.4 is 4.74 Å². The third-order valence-electron chi connectivity index (χ3n) is 8.27. The number of halogens is 3. The van der Waals surface area contributed by atoms with E-state index >= 15 is 8.78 Å². The van der Waals surface area contributed by atoms with Gasteiger partial charge in [-0.25, -0.2) is 18.0 Å². The molecule has 37 heavy (non-hydrogen) atoms. The molecule has 2 aliphatic carbocycles. The molecule has 0 aliphatic heterocycles. The van der Waals surface area contributed by atoms with Crippen LogP contribution in [0.25, 0.3) is 0 Å². The number of esters is 1. The van der Waals surface area contributed by atoms with Crippen LogP contribution in [0.4, 0.5) is 13.2 Å². The van der Waals surface area contributed by atoms with Gasteiger partial charge in [-0.05, 0) is 112 Å². The molecule has 0 aromatic heterocycles. The van der Waals surface area contributed by atoms with Crippen molar-refractivity contribution in [2.45, 2.75) is 77.0 Å². The Morgan fingerprint density at radius 1 is 0.973 bits per heavy atom. The first-order chi connectivity index (χ1) is 17.9. The van der Waals surface area contributed by atoms with Gasteiger partial charge >= 0.3 is 5.97 Å². The summed E-state index contributed by atoms with van der Waals surface area (Å²) >= 11 is 0. The third kappa shape index (κ3) is 6.74. The highest BCUT2D eigenvalue weighted by atomic mass is 19.1. The van der Waals surface area contributed by atoms with E-state index in [1.165, 1.54) is 31.4 Å². The maximum absolute atomic E-state index is 15.2. The van der Waals surface area contributed by atoms with Crippen molar-refractivity contribution >= 4 is 5.97 Å². The van der Waals surface area contributed by atoms with E-state index in [1.54, 1.807) is 6.08 Å². The molecule has 198 valence electrons. The van der Waals surface area contributed by atoms with E-state index < -0.39 is 23.4 Å². The van der Waals surface area contributed by atoms with Gasteiger partial charge in [-0.2, -0.15) is 0 Å². The number of allylic oxidation sites excluding steroid dienone is 3. The van der Waals surface area contributed by atoms with Gasteiger partial charge in [-0.3, -0.25) is 0 Å². The van der Waals surface area contributed by atoms with Gasteiger partial charge in [0.1, 0.15) is 23.2 Å². The van der Waals surface area contributed by atoms with E-state index in [0.717, 1.165) is 56.2 Å². The van der Waals surface area contributed by atoms with Gasteiger partial charge < -0.3 is 4.74 Å². The summed E-state index contributed by atoms with van der Waals surface area (Å²) in [5.41, 5.74) is 0.353. The molecule has 0 spiro atoms. The van der Waals surface area contributed by atoms with Crippen molar-refractivity contribution in [1.82, 2.24) is 0 Å². The summed E-state index contributed by atoms with van der Waals surface area (Å²) in [5.74, 6) is -1.11. The molecule has 5 heteroatoms. The van der Waals surface area contributed by atoms with Crippen LogP contribution in [-0.4, -0.2) is 5.97 Å². The molecule has 2 saturated carbocycles. The largest absolute Gasteiger partial charge is 0.423 e. The number of hydrogen-bond acceptors (Lipinski definition) is 2. The molecular formula is C32H37F3O2. The van der Waals surface area contributed by atoms with Gasteiger partial charge in [0.05, 0.1) is 5.56 Å². The highest BCUT2D eigenvalue weighted by Crippen LogP contribution is 2.49. The molecule has 2 aliphatic rings. The maximum Gasteiger partial charge on any atom is 0.343 e. The Hall–Kier alpha value is -2.82. The molecule has 4 unspecified atom stereocenters. The summed E-state index contributed by atoms with van der Waals surface area (Å²) in [6.07, 6.45) is 15.6. The summed E-state index contributed by atoms with van der Waals surface area (Å²) in [7, 11) is 0. The monoisotopic (exact) mass is 510 g/mol. The minimum Gasteiger partial charge on any atom is -0.423 e. The SMILES string of the molecule is C=CCCc1ccc(OC(=O)c2cc(F)c(C3CCC4CC(CC/C=C/C)CCC4C3)c(F)c2)cc1F. The molecule has 0 heterocycles. The number of benzene rings is 2. The van der Waals surface area contributed by atoms with Crippen molar-refractivity contribution in [3.63, 3.8) is 0 Å². The lowest BCUT2D eigenvalue weighted by Crippen LogP contribution is -2.31. The molecule has 0 N–H and O–H groups in total. The van der Waals surface area contributed by atoms with Crippen LogP contribution in [0.3, 0.4) is 0 Å². The van der Waals surface area contributed by atoms with E-state index in [-0.39, 0.29) is 22.8 Å². The Morgan fingerprint density at radius 3 is 2.41 bits per heavy atom. The Kier molecular flexibility index (Phi) is 9.28. The van der Waals surface area contributed by atoms with Crippen LogP contribution in [0.2, 0.25) is 0 Å².